The maximum Gasteiger partial charge on any atom is 0.225 e. The quantitative estimate of drug-likeness (QED) is 0.831. The number of amides is 1. The van der Waals surface area contributed by atoms with Gasteiger partial charge in [0.1, 0.15) is 5.75 Å². The first-order valence-electron chi connectivity index (χ1n) is 5.81. The maximum atomic E-state index is 12.0. The number of benzene rings is 1. The van der Waals surface area contributed by atoms with Crippen LogP contribution < -0.4 is 10.1 Å². The minimum atomic E-state index is -0.499. The summed E-state index contributed by atoms with van der Waals surface area (Å²) < 4.78 is 5.11. The van der Waals surface area contributed by atoms with Gasteiger partial charge < -0.3 is 10.1 Å². The van der Waals surface area contributed by atoms with Crippen molar-refractivity contribution in [2.24, 2.45) is 5.41 Å². The number of para-hydroxylation sites is 1. The molecule has 0 aliphatic rings. The molecule has 1 aromatic rings. The molecule has 1 aromatic carbocycles. The average molecular weight is 249 g/mol. The molecule has 4 nitrogen and oxygen atoms in total. The number of carbonyl (C=O) groups is 2. The summed E-state index contributed by atoms with van der Waals surface area (Å²) in [5.74, 6) is 0.211. The van der Waals surface area contributed by atoms with Crippen LogP contribution in [-0.4, -0.2) is 25.3 Å². The van der Waals surface area contributed by atoms with Crippen molar-refractivity contribution in [2.45, 2.75) is 20.8 Å². The molecule has 4 heteroatoms. The predicted molar refractivity (Wildman–Crippen MR) is 69.8 cm³/mol. The number of nitrogens with one attached hydrogen (secondary N) is 1. The molecular formula is C14H19NO3. The van der Waals surface area contributed by atoms with E-state index in [2.05, 4.69) is 5.32 Å². The van der Waals surface area contributed by atoms with Crippen LogP contribution in [0.3, 0.4) is 0 Å². The van der Waals surface area contributed by atoms with E-state index in [1.165, 1.54) is 7.11 Å². The smallest absolute Gasteiger partial charge is 0.225 e. The lowest BCUT2D eigenvalue weighted by molar-refractivity contribution is -0.128. The van der Waals surface area contributed by atoms with E-state index in [1.807, 2.05) is 0 Å². The Morgan fingerprint density at radius 1 is 1.22 bits per heavy atom. The van der Waals surface area contributed by atoms with Crippen LogP contribution in [0.1, 0.15) is 31.1 Å². The van der Waals surface area contributed by atoms with Crippen molar-refractivity contribution in [1.29, 1.82) is 0 Å². The molecule has 0 radical (unpaired) electrons. The molecule has 0 aliphatic heterocycles. The number of hydrogen-bond acceptors (Lipinski definition) is 3. The number of carbonyl (C=O) groups excluding carboxylic acids is 2. The van der Waals surface area contributed by atoms with Gasteiger partial charge in [-0.3, -0.25) is 9.59 Å². The molecule has 18 heavy (non-hydrogen) atoms. The van der Waals surface area contributed by atoms with Gasteiger partial charge in [-0.1, -0.05) is 32.9 Å². The number of Topliss-reactive ketones (excluding diaryl/α,β-unsaturated/α-hetero) is 1. The Morgan fingerprint density at radius 3 is 2.39 bits per heavy atom. The molecule has 1 rings (SSSR count). The highest BCUT2D eigenvalue weighted by molar-refractivity contribution is 6.01. The van der Waals surface area contributed by atoms with Crippen LogP contribution in [0.15, 0.2) is 24.3 Å². The molecule has 0 atom stereocenters. The Balaban J connectivity index is 2.69. The first kappa shape index (κ1) is 14.2. The minimum absolute atomic E-state index is 0.0174. The Kier molecular flexibility index (Phi) is 4.48. The molecule has 0 unspecified atom stereocenters. The number of ketones is 1. The minimum Gasteiger partial charge on any atom is -0.496 e. The van der Waals surface area contributed by atoms with Gasteiger partial charge in [0.05, 0.1) is 19.2 Å². The van der Waals surface area contributed by atoms with E-state index in [4.69, 9.17) is 4.74 Å². The summed E-state index contributed by atoms with van der Waals surface area (Å²) in [6.07, 6.45) is 0. The van der Waals surface area contributed by atoms with Gasteiger partial charge in [-0.05, 0) is 12.1 Å². The van der Waals surface area contributed by atoms with E-state index in [9.17, 15) is 9.59 Å². The molecule has 0 saturated carbocycles. The fourth-order valence-electron chi connectivity index (χ4n) is 1.40. The number of rotatable bonds is 4. The van der Waals surface area contributed by atoms with Crippen molar-refractivity contribution in [3.8, 4) is 5.75 Å². The Morgan fingerprint density at radius 2 is 1.83 bits per heavy atom. The molecule has 0 heterocycles. The molecular weight excluding hydrogens is 230 g/mol. The van der Waals surface area contributed by atoms with Gasteiger partial charge >= 0.3 is 0 Å². The molecule has 0 saturated heterocycles. The fraction of sp³-hybridized carbons (Fsp3) is 0.429. The van der Waals surface area contributed by atoms with E-state index in [0.29, 0.717) is 11.3 Å². The van der Waals surface area contributed by atoms with Crippen molar-refractivity contribution in [3.63, 3.8) is 0 Å². The standard InChI is InChI=1S/C14H19NO3/c1-14(2,3)13(17)15-9-11(16)10-7-5-6-8-12(10)18-4/h5-8H,9H2,1-4H3,(H,15,17). The van der Waals surface area contributed by atoms with Crippen molar-refractivity contribution >= 4 is 11.7 Å². The molecule has 98 valence electrons. The highest BCUT2D eigenvalue weighted by Crippen LogP contribution is 2.18. The van der Waals surface area contributed by atoms with Crippen molar-refractivity contribution in [1.82, 2.24) is 5.32 Å². The number of methoxy groups -OCH3 is 1. The third-order valence-corrected chi connectivity index (χ3v) is 2.50. The second-order valence-corrected chi connectivity index (χ2v) is 5.06. The van der Waals surface area contributed by atoms with E-state index in [0.717, 1.165) is 0 Å². The normalized spacial score (nSPS) is 10.9. The second-order valence-electron chi connectivity index (χ2n) is 5.06. The summed E-state index contributed by atoms with van der Waals surface area (Å²) in [4.78, 5) is 23.6. The zero-order valence-corrected chi connectivity index (χ0v) is 11.2. The van der Waals surface area contributed by atoms with Crippen LogP contribution in [0, 0.1) is 5.41 Å². The van der Waals surface area contributed by atoms with E-state index in [1.54, 1.807) is 45.0 Å². The van der Waals surface area contributed by atoms with Gasteiger partial charge in [-0.2, -0.15) is 0 Å². The van der Waals surface area contributed by atoms with Gasteiger partial charge in [0.25, 0.3) is 0 Å². The fourth-order valence-corrected chi connectivity index (χ4v) is 1.40. The molecule has 0 aliphatic carbocycles. The van der Waals surface area contributed by atoms with Crippen LogP contribution in [0.2, 0.25) is 0 Å². The topological polar surface area (TPSA) is 55.4 Å². The van der Waals surface area contributed by atoms with Crippen molar-refractivity contribution in [3.05, 3.63) is 29.8 Å². The summed E-state index contributed by atoms with van der Waals surface area (Å²) in [6.45, 7) is 5.39. The largest absolute Gasteiger partial charge is 0.496 e. The lowest BCUT2D eigenvalue weighted by Crippen LogP contribution is -2.38. The number of ether oxygens (including phenoxy) is 1. The molecule has 0 spiro atoms. The lowest BCUT2D eigenvalue weighted by Gasteiger charge is -2.17. The zero-order valence-electron chi connectivity index (χ0n) is 11.2. The molecule has 0 aromatic heterocycles. The van der Waals surface area contributed by atoms with E-state index >= 15 is 0 Å². The van der Waals surface area contributed by atoms with Crippen LogP contribution in [0.5, 0.6) is 5.75 Å². The molecule has 0 bridgehead atoms. The Bertz CT molecular complexity index is 447. The highest BCUT2D eigenvalue weighted by atomic mass is 16.5. The highest BCUT2D eigenvalue weighted by Gasteiger charge is 2.22. The second kappa shape index (κ2) is 5.67. The third-order valence-electron chi connectivity index (χ3n) is 2.50. The summed E-state index contributed by atoms with van der Waals surface area (Å²) in [5.41, 5.74) is -0.0182. The van der Waals surface area contributed by atoms with Crippen LogP contribution >= 0.6 is 0 Å². The third kappa shape index (κ3) is 3.58. The lowest BCUT2D eigenvalue weighted by atomic mass is 9.95. The first-order valence-corrected chi connectivity index (χ1v) is 5.81. The summed E-state index contributed by atoms with van der Waals surface area (Å²) in [6, 6.07) is 6.97. The van der Waals surface area contributed by atoms with Crippen LogP contribution in [0.4, 0.5) is 0 Å². The van der Waals surface area contributed by atoms with Gasteiger partial charge in [-0.15, -0.1) is 0 Å². The Hall–Kier alpha value is -1.84. The predicted octanol–water partition coefficient (Wildman–Crippen LogP) is 2.04. The van der Waals surface area contributed by atoms with Crippen LogP contribution in [0.25, 0.3) is 0 Å². The molecule has 1 N–H and O–H groups in total. The monoisotopic (exact) mass is 249 g/mol. The van der Waals surface area contributed by atoms with Crippen molar-refractivity contribution < 1.29 is 14.3 Å². The molecule has 1 amide bonds. The summed E-state index contributed by atoms with van der Waals surface area (Å²) in [5, 5.41) is 2.63. The first-order chi connectivity index (χ1) is 8.36. The summed E-state index contributed by atoms with van der Waals surface area (Å²) in [7, 11) is 1.51. The van der Waals surface area contributed by atoms with Gasteiger partial charge in [0.15, 0.2) is 5.78 Å². The van der Waals surface area contributed by atoms with Gasteiger partial charge in [0.2, 0.25) is 5.91 Å². The zero-order chi connectivity index (χ0) is 13.8. The van der Waals surface area contributed by atoms with E-state index in [-0.39, 0.29) is 18.2 Å². The van der Waals surface area contributed by atoms with Gasteiger partial charge in [-0.25, -0.2) is 0 Å². The molecule has 0 fully saturated rings. The van der Waals surface area contributed by atoms with Gasteiger partial charge in [0, 0.05) is 5.41 Å². The SMILES string of the molecule is COc1ccccc1C(=O)CNC(=O)C(C)(C)C. The van der Waals surface area contributed by atoms with Crippen LogP contribution in [-0.2, 0) is 4.79 Å². The van der Waals surface area contributed by atoms with Crippen molar-refractivity contribution in [2.75, 3.05) is 13.7 Å². The Labute approximate surface area is 107 Å². The summed E-state index contributed by atoms with van der Waals surface area (Å²) >= 11 is 0. The average Bonchev–Trinajstić information content (AvgIpc) is 2.34. The van der Waals surface area contributed by atoms with E-state index < -0.39 is 5.41 Å². The maximum absolute atomic E-state index is 12.0. The number of hydrogen-bond donors (Lipinski definition) is 1.